The molecule has 0 bridgehead atoms. The largest absolute Gasteiger partial charge is 0.548 e. The van der Waals surface area contributed by atoms with Crippen molar-refractivity contribution < 1.29 is 29.3 Å². The summed E-state index contributed by atoms with van der Waals surface area (Å²) in [5, 5.41) is 33.1. The highest BCUT2D eigenvalue weighted by Crippen LogP contribution is 2.24. The zero-order valence-electron chi connectivity index (χ0n) is 14.8. The van der Waals surface area contributed by atoms with Gasteiger partial charge in [-0.15, -0.1) is 0 Å². The summed E-state index contributed by atoms with van der Waals surface area (Å²) in [6.45, 7) is 1.63. The molecule has 0 aliphatic rings. The lowest BCUT2D eigenvalue weighted by atomic mass is 10.0. The Balaban J connectivity index is 1.87. The first kappa shape index (κ1) is 19.0. The number of carbonyl (C=O) groups is 2. The van der Waals surface area contributed by atoms with Crippen LogP contribution in [0.15, 0.2) is 51.7 Å². The van der Waals surface area contributed by atoms with Crippen LogP contribution in [0.5, 0.6) is 11.5 Å². The second-order valence-corrected chi connectivity index (χ2v) is 6.26. The summed E-state index contributed by atoms with van der Waals surface area (Å²) in [5.74, 6) is -2.36. The van der Waals surface area contributed by atoms with Gasteiger partial charge < -0.3 is 29.8 Å². The number of hydrogen-bond acceptors (Lipinski definition) is 7. The molecule has 0 fully saturated rings. The molecule has 1 aromatic heterocycles. The van der Waals surface area contributed by atoms with E-state index in [-0.39, 0.29) is 28.2 Å². The van der Waals surface area contributed by atoms with Gasteiger partial charge >= 0.3 is 5.63 Å². The fourth-order valence-corrected chi connectivity index (χ4v) is 2.90. The third-order valence-electron chi connectivity index (χ3n) is 4.38. The molecular formula is C20H16NO7-. The first-order valence-corrected chi connectivity index (χ1v) is 8.30. The van der Waals surface area contributed by atoms with Crippen LogP contribution in [0.25, 0.3) is 11.0 Å². The second-order valence-electron chi connectivity index (χ2n) is 6.26. The van der Waals surface area contributed by atoms with Gasteiger partial charge in [-0.2, -0.15) is 0 Å². The van der Waals surface area contributed by atoms with Crippen LogP contribution in [0.3, 0.4) is 0 Å². The van der Waals surface area contributed by atoms with E-state index in [1.54, 1.807) is 13.0 Å². The van der Waals surface area contributed by atoms with E-state index < -0.39 is 30.0 Å². The SMILES string of the molecule is Cc1c(CC(=O)N[C@H](C(=O)[O-])c2ccc(O)cc2)c(=O)oc2cc(O)ccc12. The molecule has 3 N–H and O–H groups in total. The molecule has 144 valence electrons. The quantitative estimate of drug-likeness (QED) is 0.551. The average Bonchev–Trinajstić information content (AvgIpc) is 2.63. The Morgan fingerprint density at radius 3 is 2.39 bits per heavy atom. The van der Waals surface area contributed by atoms with E-state index in [9.17, 15) is 29.7 Å². The van der Waals surface area contributed by atoms with Crippen molar-refractivity contribution in [1.82, 2.24) is 5.32 Å². The van der Waals surface area contributed by atoms with Crippen LogP contribution in [0.2, 0.25) is 0 Å². The molecule has 0 saturated carbocycles. The topological polar surface area (TPSA) is 140 Å². The van der Waals surface area contributed by atoms with E-state index in [1.807, 2.05) is 0 Å². The lowest BCUT2D eigenvalue weighted by Gasteiger charge is -2.20. The van der Waals surface area contributed by atoms with Crippen LogP contribution in [-0.2, 0) is 16.0 Å². The fraction of sp³-hybridized carbons (Fsp3) is 0.150. The van der Waals surface area contributed by atoms with Crippen molar-refractivity contribution in [1.29, 1.82) is 0 Å². The lowest BCUT2D eigenvalue weighted by Crippen LogP contribution is -2.42. The van der Waals surface area contributed by atoms with Crippen molar-refractivity contribution >= 4 is 22.8 Å². The highest BCUT2D eigenvalue weighted by Gasteiger charge is 2.19. The minimum absolute atomic E-state index is 0.0531. The van der Waals surface area contributed by atoms with Crippen LogP contribution in [0, 0.1) is 6.92 Å². The Bertz CT molecular complexity index is 1120. The van der Waals surface area contributed by atoms with Gasteiger partial charge in [-0.05, 0) is 42.3 Å². The Morgan fingerprint density at radius 2 is 1.75 bits per heavy atom. The molecule has 1 heterocycles. The van der Waals surface area contributed by atoms with Gasteiger partial charge in [-0.1, -0.05) is 12.1 Å². The molecule has 1 atom stereocenters. The smallest absolute Gasteiger partial charge is 0.340 e. The van der Waals surface area contributed by atoms with Gasteiger partial charge in [0.1, 0.15) is 17.1 Å². The summed E-state index contributed by atoms with van der Waals surface area (Å²) < 4.78 is 5.15. The molecule has 0 radical (unpaired) electrons. The summed E-state index contributed by atoms with van der Waals surface area (Å²) in [6.07, 6.45) is -0.396. The minimum Gasteiger partial charge on any atom is -0.548 e. The summed E-state index contributed by atoms with van der Waals surface area (Å²) in [5.41, 5.74) is 0.224. The van der Waals surface area contributed by atoms with E-state index in [4.69, 9.17) is 4.42 Å². The minimum atomic E-state index is -1.53. The second kappa shape index (κ2) is 7.43. The normalized spacial score (nSPS) is 11.9. The zero-order valence-corrected chi connectivity index (χ0v) is 14.8. The van der Waals surface area contributed by atoms with E-state index in [0.717, 1.165) is 0 Å². The molecule has 0 saturated heterocycles. The van der Waals surface area contributed by atoms with Gasteiger partial charge in [-0.25, -0.2) is 4.79 Å². The Hall–Kier alpha value is -3.81. The molecule has 1 amide bonds. The van der Waals surface area contributed by atoms with Crippen molar-refractivity contribution in [3.05, 3.63) is 69.6 Å². The standard InChI is InChI=1S/C20H17NO7/c1-10-14-7-6-13(23)8-16(14)28-20(27)15(10)9-17(24)21-18(19(25)26)11-2-4-12(22)5-3-11/h2-8,18,22-23H,9H2,1H3,(H,21,24)(H,25,26)/p-1/t18-/m0/s1. The number of rotatable bonds is 5. The molecular weight excluding hydrogens is 366 g/mol. The van der Waals surface area contributed by atoms with Crippen molar-refractivity contribution in [3.8, 4) is 11.5 Å². The number of hydrogen-bond donors (Lipinski definition) is 3. The number of amides is 1. The predicted molar refractivity (Wildman–Crippen MR) is 96.6 cm³/mol. The number of carboxylic acids is 1. The zero-order chi connectivity index (χ0) is 20.4. The highest BCUT2D eigenvalue weighted by atomic mass is 16.4. The van der Waals surface area contributed by atoms with Crippen molar-refractivity contribution in [2.75, 3.05) is 0 Å². The molecule has 0 unspecified atom stereocenters. The Labute approximate surface area is 158 Å². The maximum Gasteiger partial charge on any atom is 0.340 e. The molecule has 28 heavy (non-hydrogen) atoms. The molecule has 2 aromatic carbocycles. The summed E-state index contributed by atoms with van der Waals surface area (Å²) in [4.78, 5) is 36.1. The molecule has 3 aromatic rings. The Kier molecular flexibility index (Phi) is 5.04. The first-order chi connectivity index (χ1) is 13.3. The predicted octanol–water partition coefficient (Wildman–Crippen LogP) is 0.663. The van der Waals surface area contributed by atoms with E-state index in [1.165, 1.54) is 36.4 Å². The van der Waals surface area contributed by atoms with E-state index in [0.29, 0.717) is 10.9 Å². The average molecular weight is 382 g/mol. The van der Waals surface area contributed by atoms with Gasteiger partial charge in [0.25, 0.3) is 0 Å². The fourth-order valence-electron chi connectivity index (χ4n) is 2.90. The van der Waals surface area contributed by atoms with Crippen molar-refractivity contribution in [2.45, 2.75) is 19.4 Å². The highest BCUT2D eigenvalue weighted by molar-refractivity contribution is 5.87. The molecule has 8 heteroatoms. The Morgan fingerprint density at radius 1 is 1.11 bits per heavy atom. The number of carbonyl (C=O) groups excluding carboxylic acids is 2. The number of phenols is 2. The summed E-state index contributed by atoms with van der Waals surface area (Å²) in [7, 11) is 0. The van der Waals surface area contributed by atoms with Gasteiger partial charge in [-0.3, -0.25) is 4.79 Å². The number of nitrogens with one attached hydrogen (secondary N) is 1. The molecule has 3 rings (SSSR count). The van der Waals surface area contributed by atoms with Gasteiger partial charge in [0.15, 0.2) is 0 Å². The number of carboxylic acid groups (broad SMARTS) is 1. The number of phenolic OH excluding ortho intramolecular Hbond substituents is 2. The number of benzene rings is 2. The first-order valence-electron chi connectivity index (χ1n) is 8.30. The maximum absolute atomic E-state index is 12.4. The molecule has 0 aliphatic heterocycles. The summed E-state index contributed by atoms with van der Waals surface area (Å²) >= 11 is 0. The number of aromatic hydroxyl groups is 2. The molecule has 0 aliphatic carbocycles. The van der Waals surface area contributed by atoms with Crippen LogP contribution < -0.4 is 16.0 Å². The van der Waals surface area contributed by atoms with E-state index >= 15 is 0 Å². The van der Waals surface area contributed by atoms with Crippen LogP contribution in [0.4, 0.5) is 0 Å². The lowest BCUT2D eigenvalue weighted by molar-refractivity contribution is -0.308. The van der Waals surface area contributed by atoms with Crippen molar-refractivity contribution in [2.24, 2.45) is 0 Å². The number of fused-ring (bicyclic) bond motifs is 1. The van der Waals surface area contributed by atoms with E-state index in [2.05, 4.69) is 5.32 Å². The summed E-state index contributed by atoms with van der Waals surface area (Å²) in [6, 6.07) is 8.10. The van der Waals surface area contributed by atoms with Gasteiger partial charge in [0.2, 0.25) is 5.91 Å². The van der Waals surface area contributed by atoms with Gasteiger partial charge in [0.05, 0.1) is 24.0 Å². The van der Waals surface area contributed by atoms with Crippen LogP contribution in [0.1, 0.15) is 22.7 Å². The van der Waals surface area contributed by atoms with Crippen molar-refractivity contribution in [3.63, 3.8) is 0 Å². The van der Waals surface area contributed by atoms with Crippen LogP contribution >= 0.6 is 0 Å². The number of aryl methyl sites for hydroxylation is 1. The number of aliphatic carboxylic acids is 1. The van der Waals surface area contributed by atoms with Gasteiger partial charge in [0, 0.05) is 11.5 Å². The maximum atomic E-state index is 12.4. The van der Waals surface area contributed by atoms with Crippen LogP contribution in [-0.4, -0.2) is 22.1 Å². The third kappa shape index (κ3) is 3.80. The third-order valence-corrected chi connectivity index (χ3v) is 4.38. The molecule has 0 spiro atoms. The monoisotopic (exact) mass is 382 g/mol. The molecule has 8 nitrogen and oxygen atoms in total.